The maximum absolute atomic E-state index is 11.9. The average molecular weight is 290 g/mol. The molecule has 21 heavy (non-hydrogen) atoms. The zero-order chi connectivity index (χ0) is 15.7. The van der Waals surface area contributed by atoms with Gasteiger partial charge < -0.3 is 16.0 Å². The highest BCUT2D eigenvalue weighted by Gasteiger charge is 2.07. The molecule has 0 fully saturated rings. The van der Waals surface area contributed by atoms with Crippen molar-refractivity contribution in [2.24, 2.45) is 10.7 Å². The maximum atomic E-state index is 11.9. The lowest BCUT2D eigenvalue weighted by molar-refractivity contribution is 0.0827. The van der Waals surface area contributed by atoms with Crippen LogP contribution in [0.5, 0.6) is 0 Å². The molecule has 5 nitrogen and oxygen atoms in total. The number of nitrogens with zero attached hydrogens (tertiary/aromatic N) is 2. The number of benzene rings is 1. The normalized spacial score (nSPS) is 11.3. The number of nitrogens with two attached hydrogens (primary N) is 1. The first-order chi connectivity index (χ1) is 10.0. The van der Waals surface area contributed by atoms with Gasteiger partial charge in [0.05, 0.1) is 0 Å². The number of aliphatic imine (C=N–C) groups is 1. The molecule has 0 saturated carbocycles. The standard InChI is InChI=1S/C16H26N4O/c1-4-5-10-18-16(17)19-11-9-13-7-6-8-14(12-13)15(21)20(2)3/h6-8,12H,4-5,9-11H2,1-3H3,(H3,17,18,19). The summed E-state index contributed by atoms with van der Waals surface area (Å²) in [5, 5.41) is 3.09. The van der Waals surface area contributed by atoms with Gasteiger partial charge in [-0.25, -0.2) is 0 Å². The van der Waals surface area contributed by atoms with Gasteiger partial charge in [-0.2, -0.15) is 0 Å². The van der Waals surface area contributed by atoms with E-state index in [2.05, 4.69) is 17.2 Å². The highest BCUT2D eigenvalue weighted by Crippen LogP contribution is 2.07. The largest absolute Gasteiger partial charge is 0.370 e. The van der Waals surface area contributed by atoms with Crippen molar-refractivity contribution in [3.8, 4) is 0 Å². The predicted molar refractivity (Wildman–Crippen MR) is 87.6 cm³/mol. The Kier molecular flexibility index (Phi) is 7.29. The first-order valence-corrected chi connectivity index (χ1v) is 7.39. The summed E-state index contributed by atoms with van der Waals surface area (Å²) >= 11 is 0. The van der Waals surface area contributed by atoms with Gasteiger partial charge in [0, 0.05) is 32.7 Å². The van der Waals surface area contributed by atoms with Crippen molar-refractivity contribution in [2.75, 3.05) is 27.2 Å². The summed E-state index contributed by atoms with van der Waals surface area (Å²) in [5.74, 6) is 0.509. The Morgan fingerprint density at radius 2 is 2.14 bits per heavy atom. The molecule has 5 heteroatoms. The van der Waals surface area contributed by atoms with Gasteiger partial charge in [0.2, 0.25) is 0 Å². The van der Waals surface area contributed by atoms with Gasteiger partial charge in [-0.1, -0.05) is 25.5 Å². The van der Waals surface area contributed by atoms with Gasteiger partial charge in [-0.3, -0.25) is 9.79 Å². The number of amides is 1. The zero-order valence-corrected chi connectivity index (χ0v) is 13.2. The molecule has 1 amide bonds. The van der Waals surface area contributed by atoms with E-state index in [0.29, 0.717) is 18.1 Å². The Morgan fingerprint density at radius 3 is 2.81 bits per heavy atom. The molecule has 0 saturated heterocycles. The lowest BCUT2D eigenvalue weighted by Gasteiger charge is -2.11. The first-order valence-electron chi connectivity index (χ1n) is 7.39. The number of guanidine groups is 1. The van der Waals surface area contributed by atoms with Crippen molar-refractivity contribution in [3.05, 3.63) is 35.4 Å². The molecule has 1 aromatic rings. The topological polar surface area (TPSA) is 70.7 Å². The molecule has 0 atom stereocenters. The van der Waals surface area contributed by atoms with Crippen LogP contribution in [0.15, 0.2) is 29.3 Å². The second-order valence-corrected chi connectivity index (χ2v) is 5.20. The summed E-state index contributed by atoms with van der Waals surface area (Å²) in [6, 6.07) is 7.68. The van der Waals surface area contributed by atoms with Crippen molar-refractivity contribution >= 4 is 11.9 Å². The molecule has 1 rings (SSSR count). The summed E-state index contributed by atoms with van der Waals surface area (Å²) in [4.78, 5) is 17.7. The van der Waals surface area contributed by atoms with Crippen LogP contribution in [-0.4, -0.2) is 44.0 Å². The minimum atomic E-state index is 0.0189. The number of carbonyl (C=O) groups is 1. The summed E-state index contributed by atoms with van der Waals surface area (Å²) in [6.45, 7) is 3.60. The van der Waals surface area contributed by atoms with Crippen molar-refractivity contribution in [1.82, 2.24) is 10.2 Å². The molecule has 0 bridgehead atoms. The third-order valence-electron chi connectivity index (χ3n) is 3.09. The molecular formula is C16H26N4O. The van der Waals surface area contributed by atoms with Crippen LogP contribution in [-0.2, 0) is 6.42 Å². The Morgan fingerprint density at radius 1 is 1.38 bits per heavy atom. The molecule has 0 aliphatic heterocycles. The van der Waals surface area contributed by atoms with E-state index < -0.39 is 0 Å². The monoisotopic (exact) mass is 290 g/mol. The van der Waals surface area contributed by atoms with Crippen LogP contribution in [0.3, 0.4) is 0 Å². The van der Waals surface area contributed by atoms with Crippen molar-refractivity contribution in [2.45, 2.75) is 26.2 Å². The first kappa shape index (κ1) is 17.0. The van der Waals surface area contributed by atoms with Crippen LogP contribution < -0.4 is 11.1 Å². The lowest BCUT2D eigenvalue weighted by Crippen LogP contribution is -2.33. The van der Waals surface area contributed by atoms with E-state index in [0.717, 1.165) is 31.4 Å². The zero-order valence-electron chi connectivity index (χ0n) is 13.2. The second-order valence-electron chi connectivity index (χ2n) is 5.20. The highest BCUT2D eigenvalue weighted by atomic mass is 16.2. The fourth-order valence-electron chi connectivity index (χ4n) is 1.87. The van der Waals surface area contributed by atoms with E-state index in [4.69, 9.17) is 5.73 Å². The van der Waals surface area contributed by atoms with Gasteiger partial charge in [-0.15, -0.1) is 0 Å². The smallest absolute Gasteiger partial charge is 0.253 e. The Hall–Kier alpha value is -2.04. The molecule has 0 aliphatic carbocycles. The number of nitrogens with one attached hydrogen (secondary N) is 1. The molecule has 3 N–H and O–H groups in total. The molecule has 0 unspecified atom stereocenters. The lowest BCUT2D eigenvalue weighted by atomic mass is 10.1. The molecule has 0 heterocycles. The van der Waals surface area contributed by atoms with Crippen LogP contribution in [0, 0.1) is 0 Å². The van der Waals surface area contributed by atoms with E-state index in [1.807, 2.05) is 24.3 Å². The summed E-state index contributed by atoms with van der Waals surface area (Å²) in [6.07, 6.45) is 2.97. The summed E-state index contributed by atoms with van der Waals surface area (Å²) in [5.41, 5.74) is 7.59. The SMILES string of the molecule is CCCCN=C(N)NCCc1cccc(C(=O)N(C)C)c1. The van der Waals surface area contributed by atoms with Gasteiger partial charge in [-0.05, 0) is 30.5 Å². The van der Waals surface area contributed by atoms with Crippen LogP contribution in [0.25, 0.3) is 0 Å². The van der Waals surface area contributed by atoms with E-state index in [-0.39, 0.29) is 5.91 Å². The van der Waals surface area contributed by atoms with Crippen LogP contribution in [0.2, 0.25) is 0 Å². The van der Waals surface area contributed by atoms with Crippen LogP contribution in [0.4, 0.5) is 0 Å². The van der Waals surface area contributed by atoms with Gasteiger partial charge in [0.15, 0.2) is 5.96 Å². The summed E-state index contributed by atoms with van der Waals surface area (Å²) < 4.78 is 0. The molecular weight excluding hydrogens is 264 g/mol. The third-order valence-corrected chi connectivity index (χ3v) is 3.09. The van der Waals surface area contributed by atoms with Gasteiger partial charge in [0.25, 0.3) is 5.91 Å². The van der Waals surface area contributed by atoms with Gasteiger partial charge in [0.1, 0.15) is 0 Å². The van der Waals surface area contributed by atoms with Crippen LogP contribution in [0.1, 0.15) is 35.7 Å². The molecule has 116 valence electrons. The minimum Gasteiger partial charge on any atom is -0.370 e. The quantitative estimate of drug-likeness (QED) is 0.455. The van der Waals surface area contributed by atoms with Gasteiger partial charge >= 0.3 is 0 Å². The number of carbonyl (C=O) groups excluding carboxylic acids is 1. The van der Waals surface area contributed by atoms with Crippen molar-refractivity contribution < 1.29 is 4.79 Å². The Balaban J connectivity index is 2.47. The minimum absolute atomic E-state index is 0.0189. The number of unbranched alkanes of at least 4 members (excludes halogenated alkanes) is 1. The number of hydrogen-bond acceptors (Lipinski definition) is 2. The van der Waals surface area contributed by atoms with Crippen molar-refractivity contribution in [1.29, 1.82) is 0 Å². The molecule has 0 aromatic heterocycles. The predicted octanol–water partition coefficient (Wildman–Crippen LogP) is 1.64. The summed E-state index contributed by atoms with van der Waals surface area (Å²) in [7, 11) is 3.51. The fraction of sp³-hybridized carbons (Fsp3) is 0.500. The maximum Gasteiger partial charge on any atom is 0.253 e. The molecule has 0 radical (unpaired) electrons. The second kappa shape index (κ2) is 9.00. The van der Waals surface area contributed by atoms with E-state index >= 15 is 0 Å². The number of rotatable bonds is 7. The fourth-order valence-corrected chi connectivity index (χ4v) is 1.87. The Bertz CT molecular complexity index is 483. The highest BCUT2D eigenvalue weighted by molar-refractivity contribution is 5.94. The van der Waals surface area contributed by atoms with Crippen LogP contribution >= 0.6 is 0 Å². The molecule has 0 aliphatic rings. The van der Waals surface area contributed by atoms with E-state index in [1.54, 1.807) is 19.0 Å². The Labute approximate surface area is 127 Å². The molecule has 1 aromatic carbocycles. The van der Waals surface area contributed by atoms with Crippen molar-refractivity contribution in [3.63, 3.8) is 0 Å². The average Bonchev–Trinajstić information content (AvgIpc) is 2.47. The van der Waals surface area contributed by atoms with E-state index in [9.17, 15) is 4.79 Å². The third kappa shape index (κ3) is 6.29. The molecule has 0 spiro atoms. The number of hydrogen-bond donors (Lipinski definition) is 2. The van der Waals surface area contributed by atoms with E-state index in [1.165, 1.54) is 0 Å².